The number of carbonyl (C=O) groups excluding carboxylic acids is 1. The van der Waals surface area contributed by atoms with E-state index < -0.39 is 0 Å². The number of hydrogen-bond donors (Lipinski definition) is 2. The van der Waals surface area contributed by atoms with Gasteiger partial charge >= 0.3 is 0 Å². The first-order chi connectivity index (χ1) is 11.2. The van der Waals surface area contributed by atoms with Crippen molar-refractivity contribution in [3.63, 3.8) is 0 Å². The van der Waals surface area contributed by atoms with E-state index in [1.54, 1.807) is 0 Å². The van der Waals surface area contributed by atoms with Gasteiger partial charge < -0.3 is 16.0 Å². The number of nitrogens with one attached hydrogen (secondary N) is 1. The lowest BCUT2D eigenvalue weighted by Crippen LogP contribution is -2.36. The zero-order valence-corrected chi connectivity index (χ0v) is 13.5. The minimum Gasteiger partial charge on any atom is -0.398 e. The fourth-order valence-electron chi connectivity index (χ4n) is 3.14. The first-order valence-electron chi connectivity index (χ1n) is 8.18. The molecule has 120 valence electrons. The summed E-state index contributed by atoms with van der Waals surface area (Å²) < 4.78 is 0. The number of nitrogens with two attached hydrogens (primary N) is 1. The number of nitrogen functional groups attached to an aromatic ring is 1. The summed E-state index contributed by atoms with van der Waals surface area (Å²) in [6.45, 7) is 3.35. The summed E-state index contributed by atoms with van der Waals surface area (Å²) in [6.07, 6.45) is 3.07. The molecule has 2 aromatic carbocycles. The van der Waals surface area contributed by atoms with E-state index in [1.807, 2.05) is 24.3 Å². The van der Waals surface area contributed by atoms with E-state index in [0.717, 1.165) is 42.7 Å². The molecule has 0 aromatic heterocycles. The predicted octanol–water partition coefficient (Wildman–Crippen LogP) is 3.22. The lowest BCUT2D eigenvalue weighted by atomic mass is 10.0. The molecule has 1 amide bonds. The molecule has 1 aliphatic heterocycles. The van der Waals surface area contributed by atoms with Gasteiger partial charge in [0.05, 0.1) is 6.54 Å². The van der Waals surface area contributed by atoms with Gasteiger partial charge in [-0.1, -0.05) is 31.2 Å². The quantitative estimate of drug-likeness (QED) is 0.853. The molecule has 0 bridgehead atoms. The van der Waals surface area contributed by atoms with E-state index in [4.69, 9.17) is 5.73 Å². The van der Waals surface area contributed by atoms with E-state index in [9.17, 15) is 4.79 Å². The van der Waals surface area contributed by atoms with Crippen LogP contribution in [0.2, 0.25) is 0 Å². The fraction of sp³-hybridized carbons (Fsp3) is 0.316. The number of benzene rings is 2. The summed E-state index contributed by atoms with van der Waals surface area (Å²) in [4.78, 5) is 14.5. The van der Waals surface area contributed by atoms with Gasteiger partial charge in [-0.15, -0.1) is 0 Å². The maximum Gasteiger partial charge on any atom is 0.243 e. The zero-order valence-electron chi connectivity index (χ0n) is 13.5. The lowest BCUT2D eigenvalue weighted by molar-refractivity contribution is -0.115. The van der Waals surface area contributed by atoms with Gasteiger partial charge in [0.1, 0.15) is 0 Å². The van der Waals surface area contributed by atoms with Crippen LogP contribution in [0.5, 0.6) is 0 Å². The van der Waals surface area contributed by atoms with Crippen LogP contribution >= 0.6 is 0 Å². The topological polar surface area (TPSA) is 58.4 Å². The molecule has 0 saturated heterocycles. The SMILES string of the molecule is CCc1ccc(NC(=O)CN2CCCc3ccccc32)cc1N. The molecule has 1 aliphatic rings. The third-order valence-electron chi connectivity index (χ3n) is 4.35. The van der Waals surface area contributed by atoms with Gasteiger partial charge in [-0.3, -0.25) is 4.79 Å². The number of fused-ring (bicyclic) bond motifs is 1. The summed E-state index contributed by atoms with van der Waals surface area (Å²) in [6, 6.07) is 14.0. The molecule has 3 N–H and O–H groups in total. The van der Waals surface area contributed by atoms with Gasteiger partial charge in [0, 0.05) is 23.6 Å². The Morgan fingerprint density at radius 3 is 2.87 bits per heavy atom. The highest BCUT2D eigenvalue weighted by atomic mass is 16.2. The summed E-state index contributed by atoms with van der Waals surface area (Å²) in [5.74, 6) is -0.00893. The standard InChI is InChI=1S/C19H23N3O/c1-2-14-9-10-16(12-17(14)20)21-19(23)13-22-11-5-7-15-6-3-4-8-18(15)22/h3-4,6,8-10,12H,2,5,7,11,13,20H2,1H3,(H,21,23). The summed E-state index contributed by atoms with van der Waals surface area (Å²) in [5, 5.41) is 2.95. The maximum atomic E-state index is 12.4. The Bertz CT molecular complexity index is 712. The first kappa shape index (κ1) is 15.4. The smallest absolute Gasteiger partial charge is 0.243 e. The highest BCUT2D eigenvalue weighted by Crippen LogP contribution is 2.26. The van der Waals surface area contributed by atoms with Gasteiger partial charge in [-0.05, 0) is 48.6 Å². The van der Waals surface area contributed by atoms with Crippen molar-refractivity contribution >= 4 is 23.0 Å². The van der Waals surface area contributed by atoms with Crippen molar-refractivity contribution in [1.82, 2.24) is 0 Å². The number of anilines is 3. The van der Waals surface area contributed by atoms with Crippen LogP contribution in [0, 0.1) is 0 Å². The van der Waals surface area contributed by atoms with Crippen LogP contribution in [0.15, 0.2) is 42.5 Å². The Labute approximate surface area is 137 Å². The van der Waals surface area contributed by atoms with E-state index in [1.165, 1.54) is 11.3 Å². The molecule has 4 nitrogen and oxygen atoms in total. The number of rotatable bonds is 4. The molecule has 0 aliphatic carbocycles. The fourth-order valence-corrected chi connectivity index (χ4v) is 3.14. The molecular formula is C19H23N3O. The van der Waals surface area contributed by atoms with Gasteiger partial charge in [0.15, 0.2) is 0 Å². The van der Waals surface area contributed by atoms with Gasteiger partial charge in [0.2, 0.25) is 5.91 Å². The minimum absolute atomic E-state index is 0.00893. The average Bonchev–Trinajstić information content (AvgIpc) is 2.55. The third-order valence-corrected chi connectivity index (χ3v) is 4.35. The zero-order chi connectivity index (χ0) is 16.2. The third kappa shape index (κ3) is 3.47. The average molecular weight is 309 g/mol. The number of aryl methyl sites for hydroxylation is 2. The Morgan fingerprint density at radius 1 is 1.26 bits per heavy atom. The Balaban J connectivity index is 1.67. The first-order valence-corrected chi connectivity index (χ1v) is 8.18. The van der Waals surface area contributed by atoms with Crippen molar-refractivity contribution in [1.29, 1.82) is 0 Å². The number of hydrogen-bond acceptors (Lipinski definition) is 3. The van der Waals surface area contributed by atoms with E-state index in [2.05, 4.69) is 35.3 Å². The van der Waals surface area contributed by atoms with Crippen LogP contribution in [-0.2, 0) is 17.6 Å². The van der Waals surface area contributed by atoms with Gasteiger partial charge in [-0.2, -0.15) is 0 Å². The molecule has 2 aromatic rings. The number of amides is 1. The molecule has 0 spiro atoms. The normalized spacial score (nSPS) is 13.5. The lowest BCUT2D eigenvalue weighted by Gasteiger charge is -2.30. The largest absolute Gasteiger partial charge is 0.398 e. The van der Waals surface area contributed by atoms with E-state index in [0.29, 0.717) is 6.54 Å². The molecule has 0 radical (unpaired) electrons. The molecule has 0 unspecified atom stereocenters. The van der Waals surface area contributed by atoms with Crippen molar-refractivity contribution in [2.75, 3.05) is 29.0 Å². The molecule has 0 fully saturated rings. The van der Waals surface area contributed by atoms with Crippen LogP contribution in [0.4, 0.5) is 17.1 Å². The van der Waals surface area contributed by atoms with Crippen molar-refractivity contribution < 1.29 is 4.79 Å². The minimum atomic E-state index is -0.00893. The molecule has 1 heterocycles. The second kappa shape index (κ2) is 6.73. The van der Waals surface area contributed by atoms with Crippen molar-refractivity contribution in [3.05, 3.63) is 53.6 Å². The monoisotopic (exact) mass is 309 g/mol. The molecule has 0 atom stereocenters. The molecule has 3 rings (SSSR count). The Kier molecular flexibility index (Phi) is 4.51. The van der Waals surface area contributed by atoms with Crippen LogP contribution < -0.4 is 16.0 Å². The molecule has 4 heteroatoms. The summed E-state index contributed by atoms with van der Waals surface area (Å²) >= 11 is 0. The van der Waals surface area contributed by atoms with Crippen LogP contribution in [0.3, 0.4) is 0 Å². The molecule has 23 heavy (non-hydrogen) atoms. The summed E-state index contributed by atoms with van der Waals surface area (Å²) in [5.41, 5.74) is 11.1. The van der Waals surface area contributed by atoms with Crippen molar-refractivity contribution in [2.45, 2.75) is 26.2 Å². The molecule has 0 saturated carbocycles. The summed E-state index contributed by atoms with van der Waals surface area (Å²) in [7, 11) is 0. The van der Waals surface area contributed by atoms with Crippen molar-refractivity contribution in [3.8, 4) is 0 Å². The highest BCUT2D eigenvalue weighted by molar-refractivity contribution is 5.94. The number of carbonyl (C=O) groups is 1. The molecular weight excluding hydrogens is 286 g/mol. The van der Waals surface area contributed by atoms with E-state index in [-0.39, 0.29) is 5.91 Å². The predicted molar refractivity (Wildman–Crippen MR) is 95.8 cm³/mol. The number of nitrogens with zero attached hydrogens (tertiary/aromatic N) is 1. The maximum absolute atomic E-state index is 12.4. The second-order valence-corrected chi connectivity index (χ2v) is 5.97. The van der Waals surface area contributed by atoms with E-state index >= 15 is 0 Å². The number of para-hydroxylation sites is 1. The Hall–Kier alpha value is -2.49. The second-order valence-electron chi connectivity index (χ2n) is 5.97. The Morgan fingerprint density at radius 2 is 2.09 bits per heavy atom. The van der Waals surface area contributed by atoms with Gasteiger partial charge in [0.25, 0.3) is 0 Å². The highest BCUT2D eigenvalue weighted by Gasteiger charge is 2.18. The van der Waals surface area contributed by atoms with Gasteiger partial charge in [-0.25, -0.2) is 0 Å². The van der Waals surface area contributed by atoms with Crippen LogP contribution in [0.25, 0.3) is 0 Å². The van der Waals surface area contributed by atoms with Crippen LogP contribution in [-0.4, -0.2) is 19.0 Å². The van der Waals surface area contributed by atoms with Crippen LogP contribution in [0.1, 0.15) is 24.5 Å². The van der Waals surface area contributed by atoms with Crippen molar-refractivity contribution in [2.24, 2.45) is 0 Å².